The lowest BCUT2D eigenvalue weighted by atomic mass is 9.99. The number of halogens is 1. The van der Waals surface area contributed by atoms with E-state index < -0.39 is 11.0 Å². The van der Waals surface area contributed by atoms with Crippen molar-refractivity contribution in [3.63, 3.8) is 0 Å². The van der Waals surface area contributed by atoms with Gasteiger partial charge in [-0.2, -0.15) is 0 Å². The Kier molecular flexibility index (Phi) is 4.26. The Bertz CT molecular complexity index is 616. The minimum absolute atomic E-state index is 0.298. The third-order valence-corrected chi connectivity index (χ3v) is 2.79. The highest BCUT2D eigenvalue weighted by molar-refractivity contribution is 6.86. The third-order valence-electron chi connectivity index (χ3n) is 2.62. The standard InChI is InChI=1S/C16H11ClO2/c17-16(19)15(18)14(13-9-5-2-6-10-13)11-12-7-3-1-4-8-12/h1-11H. The fourth-order valence-corrected chi connectivity index (χ4v) is 1.82. The first-order valence-electron chi connectivity index (χ1n) is 5.75. The smallest absolute Gasteiger partial charge is 0.284 e. The number of Topliss-reactive ketones (excluding diaryl/α,β-unsaturated/α-hetero) is 1. The summed E-state index contributed by atoms with van der Waals surface area (Å²) in [5, 5.41) is -0.981. The van der Waals surface area contributed by atoms with Crippen LogP contribution >= 0.6 is 11.6 Å². The molecule has 0 saturated carbocycles. The van der Waals surface area contributed by atoms with E-state index in [-0.39, 0.29) is 0 Å². The van der Waals surface area contributed by atoms with Crippen molar-refractivity contribution in [2.24, 2.45) is 0 Å². The molecule has 3 heteroatoms. The van der Waals surface area contributed by atoms with Crippen molar-refractivity contribution in [3.05, 3.63) is 71.8 Å². The number of allylic oxidation sites excluding steroid dienone is 1. The Balaban J connectivity index is 2.50. The van der Waals surface area contributed by atoms with Gasteiger partial charge in [0.05, 0.1) is 0 Å². The van der Waals surface area contributed by atoms with E-state index in [1.807, 2.05) is 36.4 Å². The van der Waals surface area contributed by atoms with Crippen LogP contribution in [0.3, 0.4) is 0 Å². The molecule has 0 aliphatic rings. The minimum Gasteiger partial charge on any atom is -0.284 e. The molecule has 94 valence electrons. The lowest BCUT2D eigenvalue weighted by Crippen LogP contribution is -2.09. The normalized spacial score (nSPS) is 11.1. The highest BCUT2D eigenvalue weighted by atomic mass is 35.5. The van der Waals surface area contributed by atoms with Crippen LogP contribution < -0.4 is 0 Å². The van der Waals surface area contributed by atoms with Crippen LogP contribution in [-0.4, -0.2) is 11.0 Å². The largest absolute Gasteiger partial charge is 0.293 e. The van der Waals surface area contributed by atoms with E-state index in [0.29, 0.717) is 11.1 Å². The van der Waals surface area contributed by atoms with Gasteiger partial charge in [0.1, 0.15) is 0 Å². The van der Waals surface area contributed by atoms with Crippen LogP contribution in [0.15, 0.2) is 60.7 Å². The van der Waals surface area contributed by atoms with Gasteiger partial charge in [0.15, 0.2) is 0 Å². The molecular formula is C16H11ClO2. The zero-order valence-corrected chi connectivity index (χ0v) is 10.8. The van der Waals surface area contributed by atoms with Gasteiger partial charge in [-0.1, -0.05) is 60.7 Å². The molecule has 2 rings (SSSR count). The van der Waals surface area contributed by atoms with E-state index in [4.69, 9.17) is 11.6 Å². The molecule has 0 saturated heterocycles. The van der Waals surface area contributed by atoms with Crippen molar-refractivity contribution < 1.29 is 9.59 Å². The van der Waals surface area contributed by atoms with E-state index in [0.717, 1.165) is 5.56 Å². The van der Waals surface area contributed by atoms with Gasteiger partial charge in [0.25, 0.3) is 5.24 Å². The van der Waals surface area contributed by atoms with Gasteiger partial charge in [0.2, 0.25) is 5.78 Å². The summed E-state index contributed by atoms with van der Waals surface area (Å²) < 4.78 is 0. The Morgan fingerprint density at radius 1 is 0.842 bits per heavy atom. The predicted molar refractivity (Wildman–Crippen MR) is 76.6 cm³/mol. The number of hydrogen-bond acceptors (Lipinski definition) is 2. The van der Waals surface area contributed by atoms with Gasteiger partial charge in [-0.05, 0) is 28.8 Å². The average molecular weight is 271 g/mol. The van der Waals surface area contributed by atoms with E-state index in [1.54, 1.807) is 30.3 Å². The second-order valence-electron chi connectivity index (χ2n) is 3.94. The molecule has 0 amide bonds. The maximum absolute atomic E-state index is 11.9. The van der Waals surface area contributed by atoms with E-state index >= 15 is 0 Å². The van der Waals surface area contributed by atoms with Gasteiger partial charge < -0.3 is 0 Å². The summed E-state index contributed by atoms with van der Waals surface area (Å²) in [6.45, 7) is 0. The first-order chi connectivity index (χ1) is 9.18. The third kappa shape index (κ3) is 3.39. The Morgan fingerprint density at radius 3 is 1.89 bits per heavy atom. The van der Waals surface area contributed by atoms with Crippen molar-refractivity contribution in [1.29, 1.82) is 0 Å². The number of rotatable bonds is 4. The maximum atomic E-state index is 11.9. The van der Waals surface area contributed by atoms with Crippen molar-refractivity contribution in [2.75, 3.05) is 0 Å². The molecule has 0 atom stereocenters. The molecule has 0 radical (unpaired) electrons. The summed E-state index contributed by atoms with van der Waals surface area (Å²) in [5.74, 6) is -0.697. The van der Waals surface area contributed by atoms with Gasteiger partial charge in [-0.15, -0.1) is 0 Å². The average Bonchev–Trinajstić information content (AvgIpc) is 2.46. The first-order valence-corrected chi connectivity index (χ1v) is 6.12. The maximum Gasteiger partial charge on any atom is 0.293 e. The molecule has 0 aromatic heterocycles. The van der Waals surface area contributed by atoms with Gasteiger partial charge in [-0.25, -0.2) is 0 Å². The van der Waals surface area contributed by atoms with Gasteiger partial charge in [-0.3, -0.25) is 9.59 Å². The summed E-state index contributed by atoms with van der Waals surface area (Å²) in [5.41, 5.74) is 1.81. The number of benzene rings is 2. The number of carbonyl (C=O) groups is 2. The van der Waals surface area contributed by atoms with Crippen LogP contribution in [0.2, 0.25) is 0 Å². The fourth-order valence-electron chi connectivity index (χ4n) is 1.72. The van der Waals surface area contributed by atoms with Crippen molar-refractivity contribution in [3.8, 4) is 0 Å². The summed E-state index contributed by atoms with van der Waals surface area (Å²) in [6.07, 6.45) is 1.66. The summed E-state index contributed by atoms with van der Waals surface area (Å²) in [7, 11) is 0. The van der Waals surface area contributed by atoms with Crippen LogP contribution in [0.4, 0.5) is 0 Å². The van der Waals surface area contributed by atoms with Crippen LogP contribution in [0.25, 0.3) is 11.6 Å². The van der Waals surface area contributed by atoms with E-state index in [9.17, 15) is 9.59 Å². The minimum atomic E-state index is -0.981. The zero-order valence-electron chi connectivity index (χ0n) is 10.0. The summed E-state index contributed by atoms with van der Waals surface area (Å²) in [6, 6.07) is 18.3. The molecule has 19 heavy (non-hydrogen) atoms. The fraction of sp³-hybridized carbons (Fsp3) is 0. The van der Waals surface area contributed by atoms with Crippen LogP contribution in [0.5, 0.6) is 0 Å². The van der Waals surface area contributed by atoms with E-state index in [2.05, 4.69) is 0 Å². The number of hydrogen-bond donors (Lipinski definition) is 0. The quantitative estimate of drug-likeness (QED) is 0.368. The molecule has 0 N–H and O–H groups in total. The molecule has 0 aliphatic carbocycles. The SMILES string of the molecule is O=C(Cl)C(=O)C(=Cc1ccccc1)c1ccccc1. The van der Waals surface area contributed by atoms with Crippen LogP contribution in [0, 0.1) is 0 Å². The second kappa shape index (κ2) is 6.12. The predicted octanol–water partition coefficient (Wildman–Crippen LogP) is 3.56. The number of carbonyl (C=O) groups excluding carboxylic acids is 2. The van der Waals surface area contributed by atoms with Crippen LogP contribution in [-0.2, 0) is 9.59 Å². The molecule has 0 fully saturated rings. The lowest BCUT2D eigenvalue weighted by Gasteiger charge is -2.04. The van der Waals surface area contributed by atoms with Crippen molar-refractivity contribution in [2.45, 2.75) is 0 Å². The zero-order chi connectivity index (χ0) is 13.7. The second-order valence-corrected chi connectivity index (χ2v) is 4.28. The number of ketones is 1. The Morgan fingerprint density at radius 2 is 1.37 bits per heavy atom. The molecule has 0 bridgehead atoms. The molecular weight excluding hydrogens is 260 g/mol. The summed E-state index contributed by atoms with van der Waals surface area (Å²) in [4.78, 5) is 23.0. The van der Waals surface area contributed by atoms with Crippen molar-refractivity contribution in [1.82, 2.24) is 0 Å². The van der Waals surface area contributed by atoms with Gasteiger partial charge >= 0.3 is 0 Å². The van der Waals surface area contributed by atoms with Gasteiger partial charge in [0, 0.05) is 5.57 Å². The molecule has 0 aliphatic heterocycles. The molecule has 0 unspecified atom stereocenters. The lowest BCUT2D eigenvalue weighted by molar-refractivity contribution is -0.128. The van der Waals surface area contributed by atoms with Crippen molar-refractivity contribution >= 4 is 34.3 Å². The highest BCUT2D eigenvalue weighted by Gasteiger charge is 2.18. The summed E-state index contributed by atoms with van der Waals surface area (Å²) >= 11 is 5.31. The monoisotopic (exact) mass is 270 g/mol. The van der Waals surface area contributed by atoms with Crippen LogP contribution in [0.1, 0.15) is 11.1 Å². The van der Waals surface area contributed by atoms with E-state index in [1.165, 1.54) is 0 Å². The Hall–Kier alpha value is -2.19. The first kappa shape index (κ1) is 13.2. The molecule has 0 spiro atoms. The molecule has 2 aromatic rings. The molecule has 2 aromatic carbocycles. The topological polar surface area (TPSA) is 34.1 Å². The molecule has 2 nitrogen and oxygen atoms in total. The Labute approximate surface area is 116 Å². The highest BCUT2D eigenvalue weighted by Crippen LogP contribution is 2.20. The molecule has 0 heterocycles.